The van der Waals surface area contributed by atoms with Crippen LogP contribution in [0.2, 0.25) is 18.6 Å². The second kappa shape index (κ2) is 8.67. The molecule has 35 heavy (non-hydrogen) atoms. The summed E-state index contributed by atoms with van der Waals surface area (Å²) >= 11 is 0. The molecule has 3 fully saturated rings. The molecule has 0 bridgehead atoms. The molecule has 1 aromatic carbocycles. The molecular formula is C25H34FN3O5Si. The molecule has 190 valence electrons. The Balaban J connectivity index is 1.51. The Bertz CT molecular complexity index is 1060. The van der Waals surface area contributed by atoms with Gasteiger partial charge in [-0.3, -0.25) is 14.4 Å². The molecule has 5 rings (SSSR count). The van der Waals surface area contributed by atoms with E-state index in [1.165, 1.54) is 0 Å². The number of rotatable bonds is 5. The first-order valence-corrected chi connectivity index (χ1v) is 15.6. The summed E-state index contributed by atoms with van der Waals surface area (Å²) in [5.41, 5.74) is -0.0772. The predicted octanol–water partition coefficient (Wildman–Crippen LogP) is 2.91. The molecule has 3 amide bonds. The van der Waals surface area contributed by atoms with Crippen LogP contribution < -0.4 is 10.2 Å². The van der Waals surface area contributed by atoms with Crippen molar-refractivity contribution in [1.29, 1.82) is 0 Å². The van der Waals surface area contributed by atoms with Crippen LogP contribution in [0.25, 0.3) is 0 Å². The molecule has 0 aromatic heterocycles. The number of amides is 3. The highest BCUT2D eigenvalue weighted by molar-refractivity contribution is 6.72. The van der Waals surface area contributed by atoms with E-state index < -0.39 is 31.6 Å². The molecule has 0 unspecified atom stereocenters. The van der Waals surface area contributed by atoms with E-state index in [-0.39, 0.29) is 36.8 Å². The number of aliphatic hydroxyl groups excluding tert-OH is 1. The summed E-state index contributed by atoms with van der Waals surface area (Å²) in [5, 5.41) is 12.6. The summed E-state index contributed by atoms with van der Waals surface area (Å²) in [5.74, 6) is -0.976. The monoisotopic (exact) mass is 503 g/mol. The van der Waals surface area contributed by atoms with Gasteiger partial charge in [0.1, 0.15) is 0 Å². The van der Waals surface area contributed by atoms with Crippen LogP contribution in [-0.2, 0) is 24.7 Å². The van der Waals surface area contributed by atoms with Gasteiger partial charge in [-0.25, -0.2) is 0 Å². The van der Waals surface area contributed by atoms with Crippen molar-refractivity contribution in [2.45, 2.75) is 75.4 Å². The third kappa shape index (κ3) is 3.81. The van der Waals surface area contributed by atoms with E-state index in [1.54, 1.807) is 29.0 Å². The summed E-state index contributed by atoms with van der Waals surface area (Å²) in [6.07, 6.45) is 2.06. The number of fused-ring (bicyclic) bond motifs is 2. The van der Waals surface area contributed by atoms with Crippen molar-refractivity contribution < 1.29 is 28.3 Å². The van der Waals surface area contributed by atoms with Crippen molar-refractivity contribution in [1.82, 2.24) is 4.90 Å². The van der Waals surface area contributed by atoms with Gasteiger partial charge in [0.05, 0.1) is 25.2 Å². The number of carbonyl (C=O) groups is 3. The standard InChI is InChI=1S/C25H34FN3O5Si/c1-15-23(35(2,3)26)20(13-22(32)29-10-4-6-17(29)14-30)34-25(15)18-12-16(28-11-5-7-21(28)31)8-9-19(18)27-24(25)33/h8-9,12,15,17,20,23,30H,4-7,10-11,13-14H2,1-3H3,(H,27,33)/t15-,17-,20+,23-,25+/m0/s1. The molecule has 8 nitrogen and oxygen atoms in total. The lowest BCUT2D eigenvalue weighted by molar-refractivity contribution is -0.148. The zero-order valence-electron chi connectivity index (χ0n) is 20.6. The molecule has 0 saturated carbocycles. The van der Waals surface area contributed by atoms with Gasteiger partial charge >= 0.3 is 0 Å². The highest BCUT2D eigenvalue weighted by Crippen LogP contribution is 2.59. The smallest absolute Gasteiger partial charge is 0.261 e. The average Bonchev–Trinajstić information content (AvgIpc) is 3.55. The molecular weight excluding hydrogens is 469 g/mol. The maximum atomic E-state index is 15.8. The molecule has 1 spiro atoms. The summed E-state index contributed by atoms with van der Waals surface area (Å²) in [7, 11) is -3.37. The van der Waals surface area contributed by atoms with Crippen LogP contribution in [-0.4, -0.2) is 68.0 Å². The number of halogens is 1. The Kier molecular flexibility index (Phi) is 6.04. The number of aliphatic hydroxyl groups is 1. The molecule has 3 saturated heterocycles. The fraction of sp³-hybridized carbons (Fsp3) is 0.640. The molecule has 4 aliphatic heterocycles. The van der Waals surface area contributed by atoms with E-state index in [0.29, 0.717) is 36.4 Å². The van der Waals surface area contributed by atoms with Gasteiger partial charge in [0, 0.05) is 47.9 Å². The van der Waals surface area contributed by atoms with Crippen molar-refractivity contribution >= 4 is 37.5 Å². The average molecular weight is 504 g/mol. The lowest BCUT2D eigenvalue weighted by Gasteiger charge is -2.31. The van der Waals surface area contributed by atoms with Gasteiger partial charge in [-0.2, -0.15) is 0 Å². The third-order valence-electron chi connectivity index (χ3n) is 8.37. The van der Waals surface area contributed by atoms with Gasteiger partial charge in [-0.1, -0.05) is 6.92 Å². The zero-order valence-corrected chi connectivity index (χ0v) is 21.6. The number of hydrogen-bond donors (Lipinski definition) is 2. The molecule has 4 aliphatic rings. The van der Waals surface area contributed by atoms with Crippen molar-refractivity contribution in [2.24, 2.45) is 5.92 Å². The van der Waals surface area contributed by atoms with Gasteiger partial charge in [-0.05, 0) is 50.6 Å². The summed E-state index contributed by atoms with van der Waals surface area (Å²) in [6, 6.07) is 5.19. The second-order valence-electron chi connectivity index (χ2n) is 10.9. The minimum Gasteiger partial charge on any atom is -0.394 e. The van der Waals surface area contributed by atoms with Crippen LogP contribution >= 0.6 is 0 Å². The van der Waals surface area contributed by atoms with E-state index in [4.69, 9.17) is 4.74 Å². The van der Waals surface area contributed by atoms with E-state index in [1.807, 2.05) is 19.1 Å². The normalized spacial score (nSPS) is 32.6. The number of nitrogens with one attached hydrogen (secondary N) is 1. The number of ether oxygens (including phenoxy) is 1. The first-order valence-electron chi connectivity index (χ1n) is 12.6. The van der Waals surface area contributed by atoms with E-state index in [0.717, 1.165) is 19.3 Å². The maximum absolute atomic E-state index is 15.8. The Morgan fingerprint density at radius 1 is 1.29 bits per heavy atom. The summed E-state index contributed by atoms with van der Waals surface area (Å²) in [6.45, 7) is 6.14. The molecule has 10 heteroatoms. The number of nitrogens with zero attached hydrogens (tertiary/aromatic N) is 2. The first-order chi connectivity index (χ1) is 16.6. The molecule has 1 aromatic rings. The van der Waals surface area contributed by atoms with Crippen molar-refractivity contribution in [3.05, 3.63) is 23.8 Å². The Morgan fingerprint density at radius 2 is 2.06 bits per heavy atom. The van der Waals surface area contributed by atoms with Gasteiger partial charge < -0.3 is 29.1 Å². The van der Waals surface area contributed by atoms with Crippen LogP contribution in [0.4, 0.5) is 15.5 Å². The van der Waals surface area contributed by atoms with Crippen LogP contribution in [0.1, 0.15) is 44.6 Å². The largest absolute Gasteiger partial charge is 0.394 e. The lowest BCUT2D eigenvalue weighted by Crippen LogP contribution is -2.42. The Morgan fingerprint density at radius 3 is 2.71 bits per heavy atom. The minimum atomic E-state index is -3.37. The fourth-order valence-electron chi connectivity index (χ4n) is 6.79. The predicted molar refractivity (Wildman–Crippen MR) is 131 cm³/mol. The maximum Gasteiger partial charge on any atom is 0.261 e. The van der Waals surface area contributed by atoms with Crippen LogP contribution in [0, 0.1) is 5.92 Å². The number of carbonyl (C=O) groups excluding carboxylic acids is 3. The molecule has 0 radical (unpaired) electrons. The number of anilines is 2. The van der Waals surface area contributed by atoms with Crippen LogP contribution in [0.15, 0.2) is 18.2 Å². The van der Waals surface area contributed by atoms with Gasteiger partial charge in [0.2, 0.25) is 20.2 Å². The SMILES string of the molecule is C[C@H]1[C@H]([Si](C)(C)F)[C@@H](CC(=O)N2CCC[C@H]2CO)O[C@]12C(=O)Nc1ccc(N3CCCC3=O)cc12. The van der Waals surface area contributed by atoms with Gasteiger partial charge in [0.15, 0.2) is 5.60 Å². The number of benzene rings is 1. The van der Waals surface area contributed by atoms with Crippen molar-refractivity contribution in [3.8, 4) is 0 Å². The van der Waals surface area contributed by atoms with Gasteiger partial charge in [-0.15, -0.1) is 0 Å². The van der Waals surface area contributed by atoms with Crippen LogP contribution in [0.5, 0.6) is 0 Å². The Labute approximate surface area is 206 Å². The summed E-state index contributed by atoms with van der Waals surface area (Å²) < 4.78 is 22.3. The fourth-order valence-corrected chi connectivity index (χ4v) is 9.28. The van der Waals surface area contributed by atoms with Crippen molar-refractivity contribution in [3.63, 3.8) is 0 Å². The number of hydrogen-bond acceptors (Lipinski definition) is 5. The highest BCUT2D eigenvalue weighted by Gasteiger charge is 2.65. The molecule has 4 heterocycles. The Hall–Kier alpha value is -2.30. The molecule has 0 aliphatic carbocycles. The van der Waals surface area contributed by atoms with E-state index in [2.05, 4.69) is 5.32 Å². The second-order valence-corrected chi connectivity index (χ2v) is 14.7. The zero-order chi connectivity index (χ0) is 25.1. The summed E-state index contributed by atoms with van der Waals surface area (Å²) in [4.78, 5) is 42.4. The highest BCUT2D eigenvalue weighted by atomic mass is 28.4. The van der Waals surface area contributed by atoms with Gasteiger partial charge in [0.25, 0.3) is 5.91 Å². The molecule has 2 N–H and O–H groups in total. The van der Waals surface area contributed by atoms with E-state index in [9.17, 15) is 19.5 Å². The lowest BCUT2D eigenvalue weighted by atomic mass is 9.82. The quantitative estimate of drug-likeness (QED) is 0.476. The van der Waals surface area contributed by atoms with Crippen molar-refractivity contribution in [2.75, 3.05) is 29.9 Å². The number of likely N-dealkylation sites (tertiary alicyclic amines) is 1. The van der Waals surface area contributed by atoms with E-state index >= 15 is 4.11 Å². The first kappa shape index (κ1) is 24.4. The topological polar surface area (TPSA) is 99.2 Å². The minimum absolute atomic E-state index is 0.0273. The van der Waals surface area contributed by atoms with Crippen LogP contribution in [0.3, 0.4) is 0 Å². The molecule has 5 atom stereocenters. The third-order valence-corrected chi connectivity index (χ3v) is 10.8.